The fraction of sp³-hybridized carbons (Fsp3) is 0.364. The molecule has 3 rings (SSSR count). The van der Waals surface area contributed by atoms with E-state index in [1.807, 2.05) is 18.2 Å². The van der Waals surface area contributed by atoms with Gasteiger partial charge >= 0.3 is 5.97 Å². The molecule has 1 aliphatic carbocycles. The van der Waals surface area contributed by atoms with Crippen LogP contribution in [0.5, 0.6) is 0 Å². The minimum Gasteiger partial charge on any atom is -0.461 e. The summed E-state index contributed by atoms with van der Waals surface area (Å²) in [5.74, 6) is -1.07. The minimum absolute atomic E-state index is 0.0156. The quantitative estimate of drug-likeness (QED) is 0.557. The highest BCUT2D eigenvalue weighted by Crippen LogP contribution is 2.36. The molecule has 0 aliphatic heterocycles. The molecule has 0 bridgehead atoms. The third kappa shape index (κ3) is 4.02. The smallest absolute Gasteiger partial charge is 0.310 e. The Labute approximate surface area is 153 Å². The summed E-state index contributed by atoms with van der Waals surface area (Å²) in [6.45, 7) is 5.71. The van der Waals surface area contributed by atoms with Crippen molar-refractivity contribution in [1.82, 2.24) is 0 Å². The van der Waals surface area contributed by atoms with Gasteiger partial charge in [-0.15, -0.1) is 0 Å². The summed E-state index contributed by atoms with van der Waals surface area (Å²) in [6, 6.07) is 14.3. The van der Waals surface area contributed by atoms with E-state index >= 15 is 0 Å². The second kappa shape index (κ2) is 8.28. The first-order chi connectivity index (χ1) is 12.6. The van der Waals surface area contributed by atoms with Gasteiger partial charge < -0.3 is 9.47 Å². The first-order valence-electron chi connectivity index (χ1n) is 8.96. The zero-order chi connectivity index (χ0) is 18.5. The van der Waals surface area contributed by atoms with Crippen LogP contribution in [0, 0.1) is 11.8 Å². The molecular formula is C22H24O4. The van der Waals surface area contributed by atoms with Crippen LogP contribution in [-0.2, 0) is 25.7 Å². The molecule has 0 saturated heterocycles. The van der Waals surface area contributed by atoms with Crippen LogP contribution in [0.4, 0.5) is 0 Å². The lowest BCUT2D eigenvalue weighted by atomic mass is 9.93. The third-order valence-corrected chi connectivity index (χ3v) is 5.04. The monoisotopic (exact) mass is 352 g/mol. The van der Waals surface area contributed by atoms with Gasteiger partial charge in [0.25, 0.3) is 0 Å². The Balaban J connectivity index is 1.67. The van der Waals surface area contributed by atoms with Crippen molar-refractivity contribution in [3.8, 4) is 0 Å². The highest BCUT2D eigenvalue weighted by atomic mass is 16.5. The summed E-state index contributed by atoms with van der Waals surface area (Å²) in [5.41, 5.74) is 1.11. The molecule has 0 radical (unpaired) electrons. The van der Waals surface area contributed by atoms with Gasteiger partial charge in [0.05, 0.1) is 18.6 Å². The first kappa shape index (κ1) is 18.3. The van der Waals surface area contributed by atoms with Gasteiger partial charge in [-0.3, -0.25) is 9.59 Å². The molecular weight excluding hydrogens is 328 g/mol. The largest absolute Gasteiger partial charge is 0.461 e. The Morgan fingerprint density at radius 1 is 1.12 bits per heavy atom. The Bertz CT molecular complexity index is 805. The Morgan fingerprint density at radius 2 is 1.85 bits per heavy atom. The maximum atomic E-state index is 12.2. The van der Waals surface area contributed by atoms with E-state index in [9.17, 15) is 9.59 Å². The van der Waals surface area contributed by atoms with Crippen molar-refractivity contribution in [2.45, 2.75) is 32.5 Å². The highest BCUT2D eigenvalue weighted by Gasteiger charge is 2.42. The fourth-order valence-electron chi connectivity index (χ4n) is 3.71. The molecule has 4 nitrogen and oxygen atoms in total. The normalized spacial score (nSPS) is 22.3. The van der Waals surface area contributed by atoms with Gasteiger partial charge in [0.2, 0.25) is 0 Å². The van der Waals surface area contributed by atoms with E-state index in [-0.39, 0.29) is 30.4 Å². The number of ether oxygens (including phenoxy) is 2. The average Bonchev–Trinajstić information content (AvgIpc) is 3.09. The number of carbonyl (C=O) groups is 2. The van der Waals surface area contributed by atoms with Gasteiger partial charge in [-0.1, -0.05) is 55.1 Å². The van der Waals surface area contributed by atoms with Crippen molar-refractivity contribution in [2.24, 2.45) is 11.8 Å². The summed E-state index contributed by atoms with van der Waals surface area (Å²) < 4.78 is 11.2. The topological polar surface area (TPSA) is 52.6 Å². The summed E-state index contributed by atoms with van der Waals surface area (Å²) in [7, 11) is 0. The van der Waals surface area contributed by atoms with E-state index in [0.717, 1.165) is 10.9 Å². The maximum absolute atomic E-state index is 12.2. The van der Waals surface area contributed by atoms with Crippen molar-refractivity contribution in [3.05, 3.63) is 60.7 Å². The molecule has 0 amide bonds. The van der Waals surface area contributed by atoms with Gasteiger partial charge in [-0.05, 0) is 36.1 Å². The molecule has 0 spiro atoms. The van der Waals surface area contributed by atoms with Crippen LogP contribution in [0.3, 0.4) is 0 Å². The minimum atomic E-state index is -0.426. The van der Waals surface area contributed by atoms with E-state index in [1.165, 1.54) is 18.4 Å². The number of benzene rings is 2. The summed E-state index contributed by atoms with van der Waals surface area (Å²) in [5, 5.41) is 2.34. The molecule has 1 fully saturated rings. The Kier molecular flexibility index (Phi) is 5.84. The zero-order valence-electron chi connectivity index (χ0n) is 15.0. The van der Waals surface area contributed by atoms with Crippen LogP contribution in [0.15, 0.2) is 55.1 Å². The van der Waals surface area contributed by atoms with Gasteiger partial charge in [0.1, 0.15) is 12.4 Å². The second-order valence-electron chi connectivity index (χ2n) is 6.79. The molecule has 136 valence electrons. The van der Waals surface area contributed by atoms with E-state index in [4.69, 9.17) is 9.47 Å². The average molecular weight is 352 g/mol. The van der Waals surface area contributed by atoms with E-state index < -0.39 is 5.92 Å². The Hall–Kier alpha value is -2.46. The van der Waals surface area contributed by atoms with Crippen molar-refractivity contribution in [1.29, 1.82) is 0 Å². The molecule has 26 heavy (non-hydrogen) atoms. The summed E-state index contributed by atoms with van der Waals surface area (Å²) >= 11 is 0. The molecule has 1 saturated carbocycles. The molecule has 2 aromatic carbocycles. The molecule has 4 heteroatoms. The zero-order valence-corrected chi connectivity index (χ0v) is 15.0. The van der Waals surface area contributed by atoms with E-state index in [2.05, 4.69) is 30.8 Å². The predicted octanol–water partition coefficient (Wildman–Crippen LogP) is 4.07. The number of Topliss-reactive ketones (excluding diaryl/α,β-unsaturated/α-hetero) is 1. The van der Waals surface area contributed by atoms with Gasteiger partial charge in [-0.25, -0.2) is 0 Å². The Morgan fingerprint density at radius 3 is 2.62 bits per heavy atom. The number of rotatable bonds is 7. The van der Waals surface area contributed by atoms with Crippen molar-refractivity contribution in [3.63, 3.8) is 0 Å². The van der Waals surface area contributed by atoms with E-state index in [0.29, 0.717) is 19.4 Å². The second-order valence-corrected chi connectivity index (χ2v) is 6.79. The summed E-state index contributed by atoms with van der Waals surface area (Å²) in [4.78, 5) is 24.2. The molecule has 0 heterocycles. The third-order valence-electron chi connectivity index (χ3n) is 5.04. The molecule has 0 N–H and O–H groups in total. The summed E-state index contributed by atoms with van der Waals surface area (Å²) in [6.07, 6.45) is 2.49. The van der Waals surface area contributed by atoms with Gasteiger partial charge in [-0.2, -0.15) is 0 Å². The van der Waals surface area contributed by atoms with Gasteiger partial charge in [0, 0.05) is 5.92 Å². The van der Waals surface area contributed by atoms with E-state index in [1.54, 1.807) is 0 Å². The van der Waals surface area contributed by atoms with Crippen LogP contribution in [-0.4, -0.2) is 24.5 Å². The molecule has 1 unspecified atom stereocenters. The van der Waals surface area contributed by atoms with Crippen LogP contribution in [0.2, 0.25) is 0 Å². The standard InChI is InChI=1S/C22H24O4/c1-3-11-25-22(24)21-13-18(12-20(21)15(2)23)26-14-17-9-6-8-16-7-4-5-10-19(16)17/h3-10,18,20-21H,1,11-14H2,2H3/t18-,20?,21+/m0/s1. The molecule has 2 aromatic rings. The number of carbonyl (C=O) groups excluding carboxylic acids is 2. The van der Waals surface area contributed by atoms with Crippen LogP contribution >= 0.6 is 0 Å². The van der Waals surface area contributed by atoms with Crippen molar-refractivity contribution in [2.75, 3.05) is 6.61 Å². The number of hydrogen-bond donors (Lipinski definition) is 0. The lowest BCUT2D eigenvalue weighted by molar-refractivity contribution is -0.150. The van der Waals surface area contributed by atoms with Crippen LogP contribution in [0.1, 0.15) is 25.3 Å². The molecule has 1 aliphatic rings. The highest BCUT2D eigenvalue weighted by molar-refractivity contribution is 5.86. The predicted molar refractivity (Wildman–Crippen MR) is 101 cm³/mol. The van der Waals surface area contributed by atoms with Crippen LogP contribution in [0.25, 0.3) is 10.8 Å². The SMILES string of the molecule is C=CCOC(=O)[C@@H]1C[C@@H](OCc2cccc3ccccc23)CC1C(C)=O. The van der Waals surface area contributed by atoms with Gasteiger partial charge in [0.15, 0.2) is 0 Å². The first-order valence-corrected chi connectivity index (χ1v) is 8.96. The van der Waals surface area contributed by atoms with Crippen LogP contribution < -0.4 is 0 Å². The number of esters is 1. The molecule has 3 atom stereocenters. The lowest BCUT2D eigenvalue weighted by Gasteiger charge is -2.14. The number of hydrogen-bond acceptors (Lipinski definition) is 4. The van der Waals surface area contributed by atoms with Crippen molar-refractivity contribution < 1.29 is 19.1 Å². The maximum Gasteiger partial charge on any atom is 0.310 e. The lowest BCUT2D eigenvalue weighted by Crippen LogP contribution is -2.25. The van der Waals surface area contributed by atoms with Crippen molar-refractivity contribution >= 4 is 22.5 Å². The molecule has 0 aromatic heterocycles. The number of ketones is 1. The number of fused-ring (bicyclic) bond motifs is 1. The fourth-order valence-corrected chi connectivity index (χ4v) is 3.71.